The molecule has 0 amide bonds. The topological polar surface area (TPSA) is 90.4 Å². The van der Waals surface area contributed by atoms with Crippen molar-refractivity contribution in [2.75, 3.05) is 6.61 Å². The third kappa shape index (κ3) is 2.95. The Kier molecular flexibility index (Phi) is 3.31. The predicted molar refractivity (Wildman–Crippen MR) is 53.6 cm³/mol. The lowest BCUT2D eigenvalue weighted by molar-refractivity contribution is -0.143. The van der Waals surface area contributed by atoms with E-state index in [9.17, 15) is 4.79 Å². The molecule has 1 atom stereocenters. The van der Waals surface area contributed by atoms with Crippen molar-refractivity contribution in [1.29, 1.82) is 0 Å². The third-order valence-corrected chi connectivity index (χ3v) is 1.90. The van der Waals surface area contributed by atoms with Gasteiger partial charge in [0.05, 0.1) is 25.5 Å². The van der Waals surface area contributed by atoms with Gasteiger partial charge in [0.1, 0.15) is 5.54 Å². The van der Waals surface area contributed by atoms with Gasteiger partial charge in [0, 0.05) is 0 Å². The summed E-state index contributed by atoms with van der Waals surface area (Å²) in [6, 6.07) is 0. The molecule has 6 nitrogen and oxygen atoms in total. The average molecular weight is 213 g/mol. The van der Waals surface area contributed by atoms with E-state index in [1.165, 1.54) is 17.8 Å². The lowest BCUT2D eigenvalue weighted by Gasteiger charge is -2.18. The molecule has 1 heterocycles. The average Bonchev–Trinajstić information content (AvgIpc) is 2.52. The van der Waals surface area contributed by atoms with E-state index in [0.29, 0.717) is 12.4 Å². The zero-order chi connectivity index (χ0) is 11.5. The summed E-state index contributed by atoms with van der Waals surface area (Å²) in [6.07, 6.45) is 3.15. The molecule has 1 rings (SSSR count). The molecule has 6 heteroatoms. The predicted octanol–water partition coefficient (Wildman–Crippen LogP) is 0.0838. The maximum Gasteiger partial charge on any atom is 0.325 e. The first-order chi connectivity index (χ1) is 6.95. The van der Waals surface area contributed by atoms with E-state index in [2.05, 4.69) is 5.10 Å². The standard InChI is InChI=1S/C9H15N3O3/c1-3-15-7-4-11-12(5-7)6-9(2,10)8(13)14/h4-5H,3,6,10H2,1-2H3,(H,13,14). The monoisotopic (exact) mass is 213 g/mol. The second-order valence-electron chi connectivity index (χ2n) is 3.53. The number of aliphatic carboxylic acids is 1. The Morgan fingerprint density at radius 1 is 1.80 bits per heavy atom. The fourth-order valence-electron chi connectivity index (χ4n) is 1.08. The summed E-state index contributed by atoms with van der Waals surface area (Å²) < 4.78 is 6.65. The second kappa shape index (κ2) is 4.31. The van der Waals surface area contributed by atoms with Crippen LogP contribution in [0.3, 0.4) is 0 Å². The van der Waals surface area contributed by atoms with Gasteiger partial charge in [0.2, 0.25) is 0 Å². The summed E-state index contributed by atoms with van der Waals surface area (Å²) in [5, 5.41) is 12.8. The molecular formula is C9H15N3O3. The number of nitrogens with two attached hydrogens (primary N) is 1. The fraction of sp³-hybridized carbons (Fsp3) is 0.556. The van der Waals surface area contributed by atoms with Crippen LogP contribution in [-0.2, 0) is 11.3 Å². The highest BCUT2D eigenvalue weighted by atomic mass is 16.5. The van der Waals surface area contributed by atoms with E-state index < -0.39 is 11.5 Å². The SMILES string of the molecule is CCOc1cnn(CC(C)(N)C(=O)O)c1. The van der Waals surface area contributed by atoms with Crippen molar-refractivity contribution in [1.82, 2.24) is 9.78 Å². The van der Waals surface area contributed by atoms with Crippen molar-refractivity contribution in [3.63, 3.8) is 0 Å². The molecule has 15 heavy (non-hydrogen) atoms. The Morgan fingerprint density at radius 2 is 2.47 bits per heavy atom. The van der Waals surface area contributed by atoms with Gasteiger partial charge in [-0.05, 0) is 13.8 Å². The number of carboxylic acids is 1. The van der Waals surface area contributed by atoms with Crippen LogP contribution in [0.1, 0.15) is 13.8 Å². The zero-order valence-electron chi connectivity index (χ0n) is 8.80. The van der Waals surface area contributed by atoms with Gasteiger partial charge in [-0.15, -0.1) is 0 Å². The molecule has 0 saturated heterocycles. The third-order valence-electron chi connectivity index (χ3n) is 1.90. The van der Waals surface area contributed by atoms with Crippen LogP contribution < -0.4 is 10.5 Å². The van der Waals surface area contributed by atoms with Crippen molar-refractivity contribution in [2.45, 2.75) is 25.9 Å². The Bertz CT molecular complexity index is 346. The van der Waals surface area contributed by atoms with Crippen LogP contribution in [0.25, 0.3) is 0 Å². The number of ether oxygens (including phenoxy) is 1. The van der Waals surface area contributed by atoms with Gasteiger partial charge in [-0.2, -0.15) is 5.10 Å². The van der Waals surface area contributed by atoms with Gasteiger partial charge < -0.3 is 15.6 Å². The number of aromatic nitrogens is 2. The molecular weight excluding hydrogens is 198 g/mol. The molecule has 0 aromatic carbocycles. The Morgan fingerprint density at radius 3 is 3.00 bits per heavy atom. The smallest absolute Gasteiger partial charge is 0.325 e. The molecule has 0 aliphatic rings. The summed E-state index contributed by atoms with van der Waals surface area (Å²) in [6.45, 7) is 3.96. The van der Waals surface area contributed by atoms with Gasteiger partial charge >= 0.3 is 5.97 Å². The minimum absolute atomic E-state index is 0.107. The van der Waals surface area contributed by atoms with E-state index in [1.807, 2.05) is 6.92 Å². The van der Waals surface area contributed by atoms with Crippen molar-refractivity contribution in [2.24, 2.45) is 5.73 Å². The van der Waals surface area contributed by atoms with E-state index in [1.54, 1.807) is 6.20 Å². The fourth-order valence-corrected chi connectivity index (χ4v) is 1.08. The van der Waals surface area contributed by atoms with Gasteiger partial charge in [-0.25, -0.2) is 0 Å². The summed E-state index contributed by atoms with van der Waals surface area (Å²) in [5.74, 6) is -0.449. The lowest BCUT2D eigenvalue weighted by Crippen LogP contribution is -2.48. The van der Waals surface area contributed by atoms with Gasteiger partial charge in [0.15, 0.2) is 5.75 Å². The number of carboxylic acid groups (broad SMARTS) is 1. The molecule has 0 aliphatic heterocycles. The van der Waals surface area contributed by atoms with Crippen molar-refractivity contribution in [3.05, 3.63) is 12.4 Å². The number of hydrogen-bond donors (Lipinski definition) is 2. The summed E-state index contributed by atoms with van der Waals surface area (Å²) in [5.41, 5.74) is 4.25. The maximum absolute atomic E-state index is 10.8. The number of carbonyl (C=O) groups is 1. The van der Waals surface area contributed by atoms with Crippen LogP contribution in [0, 0.1) is 0 Å². The maximum atomic E-state index is 10.8. The molecule has 0 aliphatic carbocycles. The molecule has 1 unspecified atom stereocenters. The molecule has 0 saturated carbocycles. The minimum atomic E-state index is -1.32. The highest BCUT2D eigenvalue weighted by Crippen LogP contribution is 2.10. The molecule has 3 N–H and O–H groups in total. The highest BCUT2D eigenvalue weighted by Gasteiger charge is 2.28. The van der Waals surface area contributed by atoms with Crippen LogP contribution in [-0.4, -0.2) is 33.0 Å². The van der Waals surface area contributed by atoms with Gasteiger partial charge in [-0.3, -0.25) is 9.48 Å². The highest BCUT2D eigenvalue weighted by molar-refractivity contribution is 5.77. The van der Waals surface area contributed by atoms with E-state index in [0.717, 1.165) is 0 Å². The Labute approximate surface area is 87.6 Å². The van der Waals surface area contributed by atoms with E-state index in [-0.39, 0.29) is 6.54 Å². The first-order valence-corrected chi connectivity index (χ1v) is 4.63. The molecule has 84 valence electrons. The molecule has 1 aromatic rings. The lowest BCUT2D eigenvalue weighted by atomic mass is 10.1. The van der Waals surface area contributed by atoms with Crippen molar-refractivity contribution >= 4 is 5.97 Å². The Hall–Kier alpha value is -1.56. The summed E-state index contributed by atoms with van der Waals surface area (Å²) in [7, 11) is 0. The second-order valence-corrected chi connectivity index (χ2v) is 3.53. The molecule has 0 bridgehead atoms. The van der Waals surface area contributed by atoms with Crippen LogP contribution >= 0.6 is 0 Å². The summed E-state index contributed by atoms with van der Waals surface area (Å²) >= 11 is 0. The number of rotatable bonds is 5. The van der Waals surface area contributed by atoms with Crippen LogP contribution in [0.4, 0.5) is 0 Å². The van der Waals surface area contributed by atoms with Crippen LogP contribution in [0.5, 0.6) is 5.75 Å². The van der Waals surface area contributed by atoms with Crippen LogP contribution in [0.15, 0.2) is 12.4 Å². The quantitative estimate of drug-likeness (QED) is 0.723. The van der Waals surface area contributed by atoms with Gasteiger partial charge in [-0.1, -0.05) is 0 Å². The van der Waals surface area contributed by atoms with Crippen molar-refractivity contribution < 1.29 is 14.6 Å². The number of nitrogens with zero attached hydrogens (tertiary/aromatic N) is 2. The molecule has 0 radical (unpaired) electrons. The van der Waals surface area contributed by atoms with E-state index >= 15 is 0 Å². The first kappa shape index (κ1) is 11.5. The van der Waals surface area contributed by atoms with Gasteiger partial charge in [0.25, 0.3) is 0 Å². The Balaban J connectivity index is 2.68. The number of hydrogen-bond acceptors (Lipinski definition) is 4. The van der Waals surface area contributed by atoms with E-state index in [4.69, 9.17) is 15.6 Å². The molecule has 1 aromatic heterocycles. The minimum Gasteiger partial charge on any atom is -0.491 e. The normalized spacial score (nSPS) is 14.6. The van der Waals surface area contributed by atoms with Crippen LogP contribution in [0.2, 0.25) is 0 Å². The summed E-state index contributed by atoms with van der Waals surface area (Å²) in [4.78, 5) is 10.8. The molecule has 0 spiro atoms. The molecule has 0 fully saturated rings. The van der Waals surface area contributed by atoms with Crippen molar-refractivity contribution in [3.8, 4) is 5.75 Å². The first-order valence-electron chi connectivity index (χ1n) is 4.63. The largest absolute Gasteiger partial charge is 0.491 e. The zero-order valence-corrected chi connectivity index (χ0v) is 8.80.